The normalized spacial score (nSPS) is 14.8. The lowest BCUT2D eigenvalue weighted by Crippen LogP contribution is -3.00. The molecule has 0 aliphatic carbocycles. The molecule has 2 aromatic heterocycles. The second-order valence-electron chi connectivity index (χ2n) is 8.14. The molecule has 0 fully saturated rings. The van der Waals surface area contributed by atoms with Gasteiger partial charge in [-0.3, -0.25) is 9.36 Å². The fourth-order valence-corrected chi connectivity index (χ4v) is 6.66. The highest BCUT2D eigenvalue weighted by Gasteiger charge is 2.24. The van der Waals surface area contributed by atoms with E-state index < -0.39 is 0 Å². The first-order valence-corrected chi connectivity index (χ1v) is 12.7. The summed E-state index contributed by atoms with van der Waals surface area (Å²) in [4.78, 5) is 16.8. The van der Waals surface area contributed by atoms with Crippen LogP contribution in [0.4, 0.5) is 5.69 Å². The van der Waals surface area contributed by atoms with Gasteiger partial charge in [-0.25, -0.2) is 0 Å². The van der Waals surface area contributed by atoms with Crippen molar-refractivity contribution in [2.45, 2.75) is 31.8 Å². The van der Waals surface area contributed by atoms with Gasteiger partial charge in [0.05, 0.1) is 5.69 Å². The third kappa shape index (κ3) is 4.58. The summed E-state index contributed by atoms with van der Waals surface area (Å²) in [6.45, 7) is 5.56. The topological polar surface area (TPSA) is 29.1 Å². The number of thioether (sulfide) groups is 1. The van der Waals surface area contributed by atoms with Gasteiger partial charge in [-0.15, -0.1) is 11.3 Å². The van der Waals surface area contributed by atoms with Crippen molar-refractivity contribution in [3.8, 4) is 0 Å². The Morgan fingerprint density at radius 3 is 2.56 bits per heavy atom. The molecule has 0 saturated heterocycles. The van der Waals surface area contributed by atoms with E-state index in [-0.39, 0.29) is 18.0 Å². The van der Waals surface area contributed by atoms with Crippen LogP contribution in [-0.2, 0) is 13.1 Å². The maximum Gasteiger partial charge on any atom is 0.271 e. The molecule has 7 heteroatoms. The fourth-order valence-electron chi connectivity index (χ4n) is 4.10. The lowest BCUT2D eigenvalue weighted by atomic mass is 10.2. The summed E-state index contributed by atoms with van der Waals surface area (Å²) in [7, 11) is 2.05. The van der Waals surface area contributed by atoms with Crippen molar-refractivity contribution in [1.29, 1.82) is 0 Å². The first-order valence-electron chi connectivity index (χ1n) is 11.1. The summed E-state index contributed by atoms with van der Waals surface area (Å²) in [6, 6.07) is 23.1. The Bertz CT molecular complexity index is 1510. The van der Waals surface area contributed by atoms with E-state index >= 15 is 0 Å². The minimum absolute atomic E-state index is 0. The largest absolute Gasteiger partial charge is 1.00 e. The number of rotatable bonds is 4. The Hall–Kier alpha value is -2.80. The third-order valence-electron chi connectivity index (χ3n) is 5.85. The van der Waals surface area contributed by atoms with Crippen molar-refractivity contribution in [3.05, 3.63) is 109 Å². The molecule has 3 heterocycles. The molecule has 0 spiro atoms. The molecule has 0 bridgehead atoms. The van der Waals surface area contributed by atoms with Gasteiger partial charge < -0.3 is 17.3 Å². The standard InChI is InChI=1S/C27H26N3OS2.ClH/c1-4-30-24(17-21-12-8-9-15-29(21)18-20-10-6-5-7-11-20)33-25(26(30)31)27-28(3)22-14-13-19(2)16-23(22)32-27;/h5-17H,4,18H2,1-3H3;1H/q+1;/p-1/b27-25+;. The summed E-state index contributed by atoms with van der Waals surface area (Å²) in [5, 5.41) is 1.01. The number of fused-ring (bicyclic) bond motifs is 1. The van der Waals surface area contributed by atoms with E-state index in [9.17, 15) is 4.79 Å². The molecule has 0 saturated carbocycles. The quantitative estimate of drug-likeness (QED) is 0.381. The molecule has 0 N–H and O–H groups in total. The van der Waals surface area contributed by atoms with Gasteiger partial charge in [0.25, 0.3) is 5.56 Å². The van der Waals surface area contributed by atoms with Crippen molar-refractivity contribution in [2.75, 3.05) is 11.9 Å². The van der Waals surface area contributed by atoms with Gasteiger partial charge in [-0.1, -0.05) is 48.2 Å². The molecular formula is C27H26ClN3OS2. The van der Waals surface area contributed by atoms with Crippen LogP contribution in [0.25, 0.3) is 11.1 Å². The molecule has 4 nitrogen and oxygen atoms in total. The van der Waals surface area contributed by atoms with Crippen LogP contribution in [0.2, 0.25) is 0 Å². The molecule has 0 radical (unpaired) electrons. The molecule has 174 valence electrons. The monoisotopic (exact) mass is 507 g/mol. The number of pyridine rings is 1. The van der Waals surface area contributed by atoms with E-state index in [1.165, 1.54) is 16.0 Å². The maximum absolute atomic E-state index is 13.4. The Morgan fingerprint density at radius 2 is 1.79 bits per heavy atom. The molecule has 5 rings (SSSR count). The lowest BCUT2D eigenvalue weighted by Gasteiger charge is -2.12. The van der Waals surface area contributed by atoms with Gasteiger partial charge in [0.2, 0.25) is 5.69 Å². The summed E-state index contributed by atoms with van der Waals surface area (Å²) >= 11 is 3.27. The molecule has 0 amide bonds. The highest BCUT2D eigenvalue weighted by Crippen LogP contribution is 2.45. The first kappa shape index (κ1) is 24.3. The molecule has 0 atom stereocenters. The van der Waals surface area contributed by atoms with E-state index in [2.05, 4.69) is 77.2 Å². The predicted octanol–water partition coefficient (Wildman–Crippen LogP) is 0.715. The number of benzene rings is 2. The second-order valence-corrected chi connectivity index (χ2v) is 10.2. The van der Waals surface area contributed by atoms with Crippen molar-refractivity contribution in [1.82, 2.24) is 4.57 Å². The van der Waals surface area contributed by atoms with Gasteiger partial charge in [0.1, 0.15) is 14.2 Å². The van der Waals surface area contributed by atoms with E-state index in [0.29, 0.717) is 6.54 Å². The molecular weight excluding hydrogens is 482 g/mol. The van der Waals surface area contributed by atoms with Crippen LogP contribution in [0.3, 0.4) is 0 Å². The van der Waals surface area contributed by atoms with Crippen LogP contribution in [0, 0.1) is 6.92 Å². The van der Waals surface area contributed by atoms with Gasteiger partial charge in [-0.2, -0.15) is 4.57 Å². The van der Waals surface area contributed by atoms with Crippen molar-refractivity contribution in [2.24, 2.45) is 0 Å². The number of anilines is 1. The zero-order valence-electron chi connectivity index (χ0n) is 19.4. The van der Waals surface area contributed by atoms with Crippen LogP contribution in [0.1, 0.15) is 23.7 Å². The van der Waals surface area contributed by atoms with Gasteiger partial charge in [0, 0.05) is 42.3 Å². The van der Waals surface area contributed by atoms with Crippen LogP contribution < -0.4 is 36.6 Å². The van der Waals surface area contributed by atoms with Crippen LogP contribution in [-0.4, -0.2) is 11.6 Å². The third-order valence-corrected chi connectivity index (χ3v) is 8.32. The van der Waals surface area contributed by atoms with Gasteiger partial charge in [0.15, 0.2) is 12.7 Å². The molecule has 1 aliphatic rings. The molecule has 0 unspecified atom stereocenters. The van der Waals surface area contributed by atoms with Crippen molar-refractivity contribution >= 4 is 39.9 Å². The van der Waals surface area contributed by atoms with Gasteiger partial charge in [-0.05, 0) is 37.6 Å². The molecule has 2 aromatic carbocycles. The van der Waals surface area contributed by atoms with Crippen LogP contribution in [0.15, 0.2) is 82.6 Å². The first-order chi connectivity index (χ1) is 16.0. The van der Waals surface area contributed by atoms with Crippen molar-refractivity contribution in [3.63, 3.8) is 0 Å². The number of aromatic nitrogens is 2. The minimum atomic E-state index is 0. The minimum Gasteiger partial charge on any atom is -1.00 e. The highest BCUT2D eigenvalue weighted by atomic mass is 35.5. The lowest BCUT2D eigenvalue weighted by molar-refractivity contribution is -0.690. The number of hydrogen-bond acceptors (Lipinski definition) is 4. The average molecular weight is 508 g/mol. The SMILES string of the molecule is CCn1c(=O)/c(=C2\Sc3cc(C)ccc3N2C)s/c1=C\c1cccc[n+]1Cc1ccccc1.[Cl-]. The number of nitrogens with zero attached hydrogens (tertiary/aromatic N) is 3. The second kappa shape index (κ2) is 10.2. The number of hydrogen-bond donors (Lipinski definition) is 0. The van der Waals surface area contributed by atoms with Crippen LogP contribution in [0.5, 0.6) is 0 Å². The Kier molecular flexibility index (Phi) is 7.31. The summed E-state index contributed by atoms with van der Waals surface area (Å²) in [5.74, 6) is 0. The van der Waals surface area contributed by atoms with Crippen LogP contribution >= 0.6 is 23.1 Å². The fraction of sp³-hybridized carbons (Fsp3) is 0.185. The molecule has 1 aliphatic heterocycles. The van der Waals surface area contributed by atoms with E-state index in [1.807, 2.05) is 36.7 Å². The Balaban J connectivity index is 0.00000274. The molecule has 34 heavy (non-hydrogen) atoms. The Labute approximate surface area is 213 Å². The Morgan fingerprint density at radius 1 is 1.03 bits per heavy atom. The number of thiazole rings is 1. The zero-order chi connectivity index (χ0) is 22.9. The van der Waals surface area contributed by atoms with E-state index in [4.69, 9.17) is 0 Å². The van der Waals surface area contributed by atoms with Crippen molar-refractivity contribution < 1.29 is 17.0 Å². The summed E-state index contributed by atoms with van der Waals surface area (Å²) in [5.41, 5.74) is 4.79. The van der Waals surface area contributed by atoms with Gasteiger partial charge >= 0.3 is 0 Å². The molecule has 4 aromatic rings. The number of halogens is 1. The maximum atomic E-state index is 13.4. The summed E-state index contributed by atoms with van der Waals surface area (Å²) in [6.07, 6.45) is 4.23. The predicted molar refractivity (Wildman–Crippen MR) is 138 cm³/mol. The average Bonchev–Trinajstić information content (AvgIpc) is 3.31. The summed E-state index contributed by atoms with van der Waals surface area (Å²) < 4.78 is 5.88. The number of aryl methyl sites for hydroxylation is 1. The highest BCUT2D eigenvalue weighted by molar-refractivity contribution is 8.08. The van der Waals surface area contributed by atoms with E-state index in [1.54, 1.807) is 23.1 Å². The van der Waals surface area contributed by atoms with E-state index in [0.717, 1.165) is 32.2 Å². The smallest absolute Gasteiger partial charge is 0.271 e. The zero-order valence-corrected chi connectivity index (χ0v) is 21.8.